The Morgan fingerprint density at radius 1 is 1.57 bits per heavy atom. The van der Waals surface area contributed by atoms with Gasteiger partial charge in [-0.1, -0.05) is 20.3 Å². The smallest absolute Gasteiger partial charge is 0.162 e. The Kier molecular flexibility index (Phi) is 5.12. The maximum absolute atomic E-state index is 11.6. The summed E-state index contributed by atoms with van der Waals surface area (Å²) in [6, 6.07) is 0. The van der Waals surface area contributed by atoms with Gasteiger partial charge in [0.15, 0.2) is 5.78 Å². The summed E-state index contributed by atoms with van der Waals surface area (Å²) in [7, 11) is 0. The van der Waals surface area contributed by atoms with Gasteiger partial charge in [-0.3, -0.25) is 4.79 Å². The van der Waals surface area contributed by atoms with E-state index in [0.29, 0.717) is 25.5 Å². The second-order valence-corrected chi connectivity index (χ2v) is 4.32. The Morgan fingerprint density at radius 3 is 2.93 bits per heavy atom. The summed E-state index contributed by atoms with van der Waals surface area (Å²) in [6.07, 6.45) is 2.61. The average Bonchev–Trinajstić information content (AvgIpc) is 2.18. The average molecular weight is 199 g/mol. The predicted molar refractivity (Wildman–Crippen MR) is 56.3 cm³/mol. The molecule has 1 aliphatic rings. The van der Waals surface area contributed by atoms with Gasteiger partial charge in [0.2, 0.25) is 0 Å². The summed E-state index contributed by atoms with van der Waals surface area (Å²) in [5.74, 6) is 0.950. The molecule has 14 heavy (non-hydrogen) atoms. The summed E-state index contributed by atoms with van der Waals surface area (Å²) in [4.78, 5) is 11.6. The monoisotopic (exact) mass is 199 g/mol. The van der Waals surface area contributed by atoms with Crippen LogP contribution in [0.25, 0.3) is 0 Å². The molecule has 1 saturated heterocycles. The summed E-state index contributed by atoms with van der Waals surface area (Å²) >= 11 is 0. The number of nitrogens with one attached hydrogen (secondary N) is 1. The number of Topliss-reactive ketones (excluding diaryl/α,β-unsaturated/α-hetero) is 1. The van der Waals surface area contributed by atoms with Gasteiger partial charge in [-0.15, -0.1) is 0 Å². The molecule has 0 bridgehead atoms. The van der Waals surface area contributed by atoms with E-state index in [4.69, 9.17) is 4.74 Å². The molecule has 3 heteroatoms. The second kappa shape index (κ2) is 6.14. The lowest BCUT2D eigenvalue weighted by Gasteiger charge is -2.22. The van der Waals surface area contributed by atoms with E-state index in [2.05, 4.69) is 19.2 Å². The topological polar surface area (TPSA) is 38.3 Å². The molecule has 1 unspecified atom stereocenters. The molecule has 0 amide bonds. The van der Waals surface area contributed by atoms with E-state index >= 15 is 0 Å². The molecule has 1 atom stereocenters. The van der Waals surface area contributed by atoms with E-state index in [0.717, 1.165) is 19.4 Å². The zero-order chi connectivity index (χ0) is 10.4. The van der Waals surface area contributed by atoms with Crippen LogP contribution in [0.2, 0.25) is 0 Å². The van der Waals surface area contributed by atoms with Crippen LogP contribution in [-0.4, -0.2) is 31.6 Å². The Bertz CT molecular complexity index is 174. The van der Waals surface area contributed by atoms with Gasteiger partial charge >= 0.3 is 0 Å². The number of ether oxygens (including phenoxy) is 1. The van der Waals surface area contributed by atoms with Gasteiger partial charge in [0.05, 0.1) is 6.61 Å². The Morgan fingerprint density at radius 2 is 2.36 bits per heavy atom. The van der Waals surface area contributed by atoms with Crippen molar-refractivity contribution in [3.63, 3.8) is 0 Å². The van der Waals surface area contributed by atoms with Crippen molar-refractivity contribution in [3.8, 4) is 0 Å². The molecule has 0 saturated carbocycles. The first-order valence-electron chi connectivity index (χ1n) is 5.55. The highest BCUT2D eigenvalue weighted by molar-refractivity contribution is 5.83. The summed E-state index contributed by atoms with van der Waals surface area (Å²) in [5, 5.41) is 3.17. The van der Waals surface area contributed by atoms with E-state index in [9.17, 15) is 4.79 Å². The van der Waals surface area contributed by atoms with Gasteiger partial charge in [-0.2, -0.15) is 0 Å². The number of carbonyl (C=O) groups excluding carboxylic acids is 1. The maximum atomic E-state index is 11.6. The zero-order valence-corrected chi connectivity index (χ0v) is 9.21. The van der Waals surface area contributed by atoms with E-state index in [1.165, 1.54) is 0 Å². The summed E-state index contributed by atoms with van der Waals surface area (Å²) < 4.78 is 5.39. The van der Waals surface area contributed by atoms with E-state index in [1.807, 2.05) is 0 Å². The molecule has 1 heterocycles. The van der Waals surface area contributed by atoms with Crippen molar-refractivity contribution in [2.75, 3.05) is 19.7 Å². The molecule has 1 N–H and O–H groups in total. The van der Waals surface area contributed by atoms with Crippen molar-refractivity contribution in [1.82, 2.24) is 5.32 Å². The number of ketones is 1. The molecule has 0 spiro atoms. The zero-order valence-electron chi connectivity index (χ0n) is 9.21. The van der Waals surface area contributed by atoms with Crippen molar-refractivity contribution in [3.05, 3.63) is 0 Å². The number of hydrogen-bond donors (Lipinski definition) is 1. The largest absolute Gasteiger partial charge is 0.368 e. The van der Waals surface area contributed by atoms with Gasteiger partial charge in [0, 0.05) is 19.5 Å². The van der Waals surface area contributed by atoms with Crippen LogP contribution in [-0.2, 0) is 9.53 Å². The third-order valence-electron chi connectivity index (χ3n) is 2.49. The molecule has 0 aliphatic carbocycles. The van der Waals surface area contributed by atoms with Gasteiger partial charge in [0.1, 0.15) is 6.10 Å². The van der Waals surface area contributed by atoms with Crippen LogP contribution in [0.3, 0.4) is 0 Å². The minimum atomic E-state index is -0.184. The number of rotatable bonds is 5. The van der Waals surface area contributed by atoms with Crippen LogP contribution in [0.4, 0.5) is 0 Å². The van der Waals surface area contributed by atoms with Crippen LogP contribution >= 0.6 is 0 Å². The Hall–Kier alpha value is -0.410. The first-order valence-corrected chi connectivity index (χ1v) is 5.55. The fourth-order valence-corrected chi connectivity index (χ4v) is 1.62. The van der Waals surface area contributed by atoms with Crippen molar-refractivity contribution >= 4 is 5.78 Å². The highest BCUT2D eigenvalue weighted by atomic mass is 16.5. The van der Waals surface area contributed by atoms with Crippen LogP contribution in [0.1, 0.15) is 33.1 Å². The highest BCUT2D eigenvalue weighted by Crippen LogP contribution is 2.09. The molecule has 0 aromatic carbocycles. The predicted octanol–water partition coefficient (Wildman–Crippen LogP) is 1.37. The minimum Gasteiger partial charge on any atom is -0.368 e. The quantitative estimate of drug-likeness (QED) is 0.726. The lowest BCUT2D eigenvalue weighted by molar-refractivity contribution is -0.132. The molecule has 82 valence electrons. The van der Waals surface area contributed by atoms with Crippen molar-refractivity contribution in [2.24, 2.45) is 5.92 Å². The SMILES string of the molecule is CC(C)CCCC(=O)C1CNCCO1. The third kappa shape index (κ3) is 4.20. The number of morpholine rings is 1. The summed E-state index contributed by atoms with van der Waals surface area (Å²) in [6.45, 7) is 6.60. The first-order chi connectivity index (χ1) is 6.70. The molecule has 1 fully saturated rings. The first kappa shape index (κ1) is 11.7. The molecule has 1 aliphatic heterocycles. The Labute approximate surface area is 86.2 Å². The fourth-order valence-electron chi connectivity index (χ4n) is 1.62. The van der Waals surface area contributed by atoms with Gasteiger partial charge in [-0.05, 0) is 12.3 Å². The molecule has 1 rings (SSSR count). The normalized spacial score (nSPS) is 22.6. The van der Waals surface area contributed by atoms with Crippen molar-refractivity contribution in [1.29, 1.82) is 0 Å². The molecule has 0 aromatic rings. The van der Waals surface area contributed by atoms with E-state index in [-0.39, 0.29) is 11.9 Å². The van der Waals surface area contributed by atoms with Crippen LogP contribution < -0.4 is 5.32 Å². The standard InChI is InChI=1S/C11H21NO2/c1-9(2)4-3-5-10(13)11-8-12-6-7-14-11/h9,11-12H,3-8H2,1-2H3. The molecule has 0 aromatic heterocycles. The summed E-state index contributed by atoms with van der Waals surface area (Å²) in [5.41, 5.74) is 0. The fraction of sp³-hybridized carbons (Fsp3) is 0.909. The molecular weight excluding hydrogens is 178 g/mol. The van der Waals surface area contributed by atoms with Crippen LogP contribution in [0, 0.1) is 5.92 Å². The third-order valence-corrected chi connectivity index (χ3v) is 2.49. The van der Waals surface area contributed by atoms with E-state index in [1.54, 1.807) is 0 Å². The maximum Gasteiger partial charge on any atom is 0.162 e. The van der Waals surface area contributed by atoms with Crippen LogP contribution in [0.15, 0.2) is 0 Å². The van der Waals surface area contributed by atoms with Crippen LogP contribution in [0.5, 0.6) is 0 Å². The molecule has 0 radical (unpaired) electrons. The molecular formula is C11H21NO2. The van der Waals surface area contributed by atoms with Crippen molar-refractivity contribution in [2.45, 2.75) is 39.2 Å². The Balaban J connectivity index is 2.13. The second-order valence-electron chi connectivity index (χ2n) is 4.32. The number of hydrogen-bond acceptors (Lipinski definition) is 3. The van der Waals surface area contributed by atoms with Gasteiger partial charge < -0.3 is 10.1 Å². The van der Waals surface area contributed by atoms with Gasteiger partial charge in [-0.25, -0.2) is 0 Å². The lowest BCUT2D eigenvalue weighted by Crippen LogP contribution is -2.43. The van der Waals surface area contributed by atoms with Gasteiger partial charge in [0.25, 0.3) is 0 Å². The van der Waals surface area contributed by atoms with Crippen molar-refractivity contribution < 1.29 is 9.53 Å². The highest BCUT2D eigenvalue weighted by Gasteiger charge is 2.20. The van der Waals surface area contributed by atoms with E-state index < -0.39 is 0 Å². The minimum absolute atomic E-state index is 0.184. The molecule has 3 nitrogen and oxygen atoms in total. The number of carbonyl (C=O) groups is 1. The lowest BCUT2D eigenvalue weighted by atomic mass is 10.0.